The summed E-state index contributed by atoms with van der Waals surface area (Å²) in [5.74, 6) is -1.07. The van der Waals surface area contributed by atoms with Crippen molar-refractivity contribution in [1.29, 1.82) is 0 Å². The van der Waals surface area contributed by atoms with Crippen LogP contribution in [0.4, 0.5) is 0 Å². The van der Waals surface area contributed by atoms with Crippen molar-refractivity contribution in [2.24, 2.45) is 0 Å². The summed E-state index contributed by atoms with van der Waals surface area (Å²) in [5, 5.41) is 3.00. The minimum atomic E-state index is -0.698. The van der Waals surface area contributed by atoms with Crippen molar-refractivity contribution < 1.29 is 21.9 Å². The number of nitrogens with zero attached hydrogens (tertiary/aromatic N) is 6. The summed E-state index contributed by atoms with van der Waals surface area (Å²) in [5.41, 5.74) is 3.19. The van der Waals surface area contributed by atoms with Gasteiger partial charge in [0.15, 0.2) is 5.82 Å². The molecule has 0 spiro atoms. The van der Waals surface area contributed by atoms with Crippen LogP contribution in [0.15, 0.2) is 182 Å². The first-order chi connectivity index (χ1) is 35.0. The van der Waals surface area contributed by atoms with Gasteiger partial charge in [0, 0.05) is 54.2 Å². The van der Waals surface area contributed by atoms with Gasteiger partial charge >= 0.3 is 0 Å². The van der Waals surface area contributed by atoms with Crippen molar-refractivity contribution in [1.82, 2.24) is 28.5 Å². The number of fused-ring (bicyclic) bond motifs is 12. The first-order valence-corrected chi connectivity index (χ1v) is 18.0. The van der Waals surface area contributed by atoms with Crippen LogP contribution in [0.3, 0.4) is 0 Å². The highest BCUT2D eigenvalue weighted by Gasteiger charge is 2.24. The highest BCUT2D eigenvalue weighted by Crippen LogP contribution is 2.44. The van der Waals surface area contributed by atoms with Gasteiger partial charge in [0.1, 0.15) is 0 Å². The molecular formula is C51H30N6. The molecule has 264 valence electrons. The fourth-order valence-electron chi connectivity index (χ4n) is 8.52. The Labute approximate surface area is 348 Å². The molecule has 0 bridgehead atoms. The van der Waals surface area contributed by atoms with E-state index >= 15 is 0 Å². The molecule has 13 aromatic rings. The van der Waals surface area contributed by atoms with Crippen molar-refractivity contribution in [3.63, 3.8) is 0 Å². The van der Waals surface area contributed by atoms with Crippen LogP contribution in [0.25, 0.3) is 116 Å². The molecule has 0 saturated heterocycles. The molecule has 5 aromatic heterocycles. The molecule has 57 heavy (non-hydrogen) atoms. The van der Waals surface area contributed by atoms with E-state index in [-0.39, 0.29) is 49.4 Å². The van der Waals surface area contributed by atoms with Crippen LogP contribution in [-0.2, 0) is 0 Å². The molecule has 0 saturated carbocycles. The molecule has 0 radical (unpaired) electrons. The van der Waals surface area contributed by atoms with Crippen LogP contribution in [0.1, 0.15) is 21.9 Å². The van der Waals surface area contributed by atoms with Gasteiger partial charge in [0.2, 0.25) is 11.9 Å². The third-order valence-electron chi connectivity index (χ3n) is 10.8. The topological polar surface area (TPSA) is 52.9 Å². The fraction of sp³-hybridized carbons (Fsp3) is 0. The van der Waals surface area contributed by atoms with Gasteiger partial charge in [-0.25, -0.2) is 0 Å². The third kappa shape index (κ3) is 4.10. The van der Waals surface area contributed by atoms with Crippen molar-refractivity contribution >= 4 is 81.7 Å². The van der Waals surface area contributed by atoms with E-state index in [1.54, 1.807) is 12.1 Å². The maximum Gasteiger partial charge on any atom is 0.240 e. The zero-order chi connectivity index (χ0) is 51.1. The van der Waals surface area contributed by atoms with E-state index in [1.165, 1.54) is 0 Å². The second kappa shape index (κ2) is 11.4. The molecule has 5 heterocycles. The van der Waals surface area contributed by atoms with Gasteiger partial charge in [-0.3, -0.25) is 9.13 Å². The zero-order valence-corrected chi connectivity index (χ0v) is 29.3. The van der Waals surface area contributed by atoms with Crippen molar-refractivity contribution in [3.8, 4) is 34.4 Å². The first kappa shape index (κ1) is 19.2. The van der Waals surface area contributed by atoms with E-state index < -0.39 is 109 Å². The monoisotopic (exact) mass is 742 g/mol. The summed E-state index contributed by atoms with van der Waals surface area (Å²) in [6.45, 7) is 0. The summed E-state index contributed by atoms with van der Waals surface area (Å²) in [6.07, 6.45) is 0. The molecule has 0 amide bonds. The lowest BCUT2D eigenvalue weighted by atomic mass is 9.96. The van der Waals surface area contributed by atoms with Crippen molar-refractivity contribution in [2.45, 2.75) is 0 Å². The molecule has 0 aliphatic rings. The number of para-hydroxylation sites is 7. The van der Waals surface area contributed by atoms with E-state index in [9.17, 15) is 5.48 Å². The molecule has 6 heteroatoms. The van der Waals surface area contributed by atoms with Gasteiger partial charge in [-0.1, -0.05) is 151 Å². The van der Waals surface area contributed by atoms with Crippen LogP contribution in [0.5, 0.6) is 0 Å². The Morgan fingerprint density at radius 1 is 0.333 bits per heavy atom. The Balaban J connectivity index is 1.24. The molecule has 13 rings (SSSR count). The van der Waals surface area contributed by atoms with E-state index in [1.807, 2.05) is 54.6 Å². The van der Waals surface area contributed by atoms with Crippen LogP contribution in [0, 0.1) is 0 Å². The van der Waals surface area contributed by atoms with Gasteiger partial charge in [-0.05, 0) is 35.8 Å². The first-order valence-electron chi connectivity index (χ1n) is 26.0. The predicted molar refractivity (Wildman–Crippen MR) is 234 cm³/mol. The highest BCUT2D eigenvalue weighted by molar-refractivity contribution is 6.25. The van der Waals surface area contributed by atoms with Gasteiger partial charge in [0.25, 0.3) is 0 Å². The lowest BCUT2D eigenvalue weighted by Gasteiger charge is -2.15. The van der Waals surface area contributed by atoms with E-state index in [4.69, 9.17) is 31.4 Å². The second-order valence-corrected chi connectivity index (χ2v) is 13.6. The smallest absolute Gasteiger partial charge is 0.240 e. The maximum absolute atomic E-state index is 9.30. The lowest BCUT2D eigenvalue weighted by Crippen LogP contribution is -2.10. The summed E-state index contributed by atoms with van der Waals surface area (Å²) < 4.78 is 148. The van der Waals surface area contributed by atoms with Gasteiger partial charge < -0.3 is 4.40 Å². The quantitative estimate of drug-likeness (QED) is 0.180. The highest BCUT2D eigenvalue weighted by atomic mass is 15.3. The Hall–Kier alpha value is -7.83. The van der Waals surface area contributed by atoms with E-state index in [2.05, 4.69) is 22.6 Å². The molecule has 6 nitrogen and oxygen atoms in total. The van der Waals surface area contributed by atoms with E-state index in [0.29, 0.717) is 11.1 Å². The van der Waals surface area contributed by atoms with E-state index in [0.717, 1.165) is 52.8 Å². The normalized spacial score (nSPS) is 16.1. The Bertz CT molecular complexity index is 4380. The standard InChI is InChI=1S/C51H30N6/c1-2-21-41(31(15-1)37-22-13-24-39-40-25-14-23-38-36-20-7-12-30-46(36)57(47(37)39)48(38)40)49-52-50(55-42-26-8-3-16-32(42)33-17-4-9-27-43(33)55)54-51(53-49)56-44-28-10-5-18-34(44)35-19-6-11-29-45(35)56/h1-30H/i3D,4D,5D,6D,8D,9D,10D,11D,16D,17D,18D,19D,26D,27D,28D,29D. The Kier molecular flexibility index (Phi) is 3.82. The van der Waals surface area contributed by atoms with Gasteiger partial charge in [0.05, 0.1) is 60.5 Å². The summed E-state index contributed by atoms with van der Waals surface area (Å²) in [4.78, 5) is 14.9. The summed E-state index contributed by atoms with van der Waals surface area (Å²) >= 11 is 0. The summed E-state index contributed by atoms with van der Waals surface area (Å²) in [6, 6.07) is 16.8. The maximum atomic E-state index is 9.30. The fourth-order valence-corrected chi connectivity index (χ4v) is 8.52. The molecule has 0 unspecified atom stereocenters. The van der Waals surface area contributed by atoms with Crippen molar-refractivity contribution in [2.75, 3.05) is 0 Å². The van der Waals surface area contributed by atoms with Crippen LogP contribution >= 0.6 is 0 Å². The summed E-state index contributed by atoms with van der Waals surface area (Å²) in [7, 11) is 0. The van der Waals surface area contributed by atoms with Gasteiger partial charge in [-0.15, -0.1) is 0 Å². The average Bonchev–Trinajstić information content (AvgIpc) is 4.16. The Morgan fingerprint density at radius 2 is 0.754 bits per heavy atom. The lowest BCUT2D eigenvalue weighted by molar-refractivity contribution is 0.893. The number of hydrogen-bond acceptors (Lipinski definition) is 3. The average molecular weight is 743 g/mol. The van der Waals surface area contributed by atoms with Crippen LogP contribution < -0.4 is 0 Å². The molecule has 8 aromatic carbocycles. The predicted octanol–water partition coefficient (Wildman–Crippen LogP) is 12.5. The molecule has 0 aliphatic heterocycles. The number of hydrogen-bond donors (Lipinski definition) is 0. The molecule has 0 N–H and O–H groups in total. The molecule has 0 aliphatic carbocycles. The second-order valence-electron chi connectivity index (χ2n) is 13.6. The Morgan fingerprint density at radius 3 is 1.33 bits per heavy atom. The SMILES string of the molecule is [2H]c1c([2H])c([2H])c2c(c1[2H])c1c([2H])c([2H])c([2H])c([2H])c1n2-c1nc(-c2ccccc2-c2cccc3c4cccc5c6ccccc6n(c23)c54)nc(-n2c3c([2H])c([2H])c([2H])c([2H])c3c3c([2H])c([2H])c([2H])c([2H])c32)n1. The molecule has 0 atom stereocenters. The zero-order valence-electron chi connectivity index (χ0n) is 45.3. The number of rotatable bonds is 4. The molecule has 0 fully saturated rings. The van der Waals surface area contributed by atoms with Crippen molar-refractivity contribution in [3.05, 3.63) is 182 Å². The number of aromatic nitrogens is 6. The minimum Gasteiger partial charge on any atom is -0.307 e. The third-order valence-corrected chi connectivity index (χ3v) is 10.8. The van der Waals surface area contributed by atoms with Gasteiger partial charge in [-0.2, -0.15) is 15.0 Å². The van der Waals surface area contributed by atoms with Crippen LogP contribution in [0.2, 0.25) is 0 Å². The largest absolute Gasteiger partial charge is 0.307 e. The number of benzene rings is 8. The van der Waals surface area contributed by atoms with Crippen LogP contribution in [-0.4, -0.2) is 28.5 Å². The molecular weight excluding hydrogens is 697 g/mol. The minimum absolute atomic E-state index is 0.139.